The Kier molecular flexibility index (Phi) is 7.42. The third-order valence-corrected chi connectivity index (χ3v) is 6.29. The normalized spacial score (nSPS) is 14.3. The number of amides is 1. The molecule has 1 amide bonds. The van der Waals surface area contributed by atoms with Crippen LogP contribution in [0.25, 0.3) is 5.69 Å². The Hall–Kier alpha value is -3.46. The van der Waals surface area contributed by atoms with Crippen LogP contribution in [-0.2, 0) is 17.7 Å². The zero-order valence-electron chi connectivity index (χ0n) is 19.7. The number of hydrogen-bond donors (Lipinski definition) is 1. The van der Waals surface area contributed by atoms with E-state index in [2.05, 4.69) is 10.2 Å². The first kappa shape index (κ1) is 23.7. The van der Waals surface area contributed by atoms with E-state index < -0.39 is 6.09 Å². The molecule has 0 unspecified atom stereocenters. The zero-order valence-corrected chi connectivity index (χ0v) is 19.7. The van der Waals surface area contributed by atoms with Gasteiger partial charge in [-0.3, -0.25) is 14.4 Å². The zero-order chi connectivity index (χ0) is 24.1. The summed E-state index contributed by atoms with van der Waals surface area (Å²) >= 11 is 0. The molecule has 34 heavy (non-hydrogen) atoms. The number of rotatable bonds is 8. The molecule has 9 heteroatoms. The van der Waals surface area contributed by atoms with E-state index in [0.717, 1.165) is 49.4 Å². The maximum Gasteiger partial charge on any atom is 0.411 e. The fourth-order valence-corrected chi connectivity index (χ4v) is 4.35. The first-order chi connectivity index (χ1) is 16.5. The van der Waals surface area contributed by atoms with Gasteiger partial charge < -0.3 is 9.84 Å². The van der Waals surface area contributed by atoms with Gasteiger partial charge in [-0.1, -0.05) is 19.1 Å². The van der Waals surface area contributed by atoms with Crippen LogP contribution in [-0.4, -0.2) is 50.5 Å². The lowest BCUT2D eigenvalue weighted by Gasteiger charge is -2.22. The van der Waals surface area contributed by atoms with Gasteiger partial charge in [0.15, 0.2) is 0 Å². The van der Waals surface area contributed by atoms with Crippen LogP contribution in [0.2, 0.25) is 0 Å². The summed E-state index contributed by atoms with van der Waals surface area (Å²) in [5.74, 6) is 0.548. The van der Waals surface area contributed by atoms with Crippen LogP contribution in [0.15, 0.2) is 47.7 Å². The number of carbonyl (C=O) groups is 1. The highest BCUT2D eigenvalue weighted by Crippen LogP contribution is 2.25. The van der Waals surface area contributed by atoms with E-state index in [4.69, 9.17) is 4.74 Å². The fraction of sp³-hybridized carbons (Fsp3) is 0.440. The van der Waals surface area contributed by atoms with Crippen molar-refractivity contribution in [1.82, 2.24) is 19.6 Å². The van der Waals surface area contributed by atoms with Gasteiger partial charge in [0.05, 0.1) is 18.1 Å². The van der Waals surface area contributed by atoms with E-state index >= 15 is 0 Å². The van der Waals surface area contributed by atoms with Crippen LogP contribution < -0.4 is 10.3 Å². The molecule has 1 N–H and O–H groups in total. The van der Waals surface area contributed by atoms with Crippen molar-refractivity contribution in [2.24, 2.45) is 5.92 Å². The lowest BCUT2D eigenvalue weighted by Crippen LogP contribution is -2.30. The molecule has 4 rings (SSSR count). The number of nitrogens with zero attached hydrogens (tertiary/aromatic N) is 5. The van der Waals surface area contributed by atoms with Crippen molar-refractivity contribution in [3.63, 3.8) is 0 Å². The predicted octanol–water partition coefficient (Wildman–Crippen LogP) is 3.65. The molecule has 9 nitrogen and oxygen atoms in total. The van der Waals surface area contributed by atoms with Gasteiger partial charge in [0.25, 0.3) is 0 Å². The topological polar surface area (TPSA) is 102 Å². The van der Waals surface area contributed by atoms with Crippen molar-refractivity contribution in [1.29, 1.82) is 0 Å². The van der Waals surface area contributed by atoms with Crippen LogP contribution in [0.1, 0.15) is 43.0 Å². The first-order valence-electron chi connectivity index (χ1n) is 11.7. The predicted molar refractivity (Wildman–Crippen MR) is 129 cm³/mol. The second kappa shape index (κ2) is 10.6. The van der Waals surface area contributed by atoms with E-state index in [9.17, 15) is 14.7 Å². The number of carboxylic acid groups (broad SMARTS) is 1. The van der Waals surface area contributed by atoms with Crippen LogP contribution in [0.4, 0.5) is 10.5 Å². The SMILES string of the molecule is CCCN(C(=O)O)c1cccc(Cc2nn(-c3cnn(CC4CCOCC4)c3)ccc2=O)c1C. The molecule has 3 heterocycles. The van der Waals surface area contributed by atoms with Crippen molar-refractivity contribution >= 4 is 11.8 Å². The Balaban J connectivity index is 1.56. The Labute approximate surface area is 198 Å². The minimum Gasteiger partial charge on any atom is -0.465 e. The van der Waals surface area contributed by atoms with Gasteiger partial charge in [-0.25, -0.2) is 9.48 Å². The number of anilines is 1. The molecule has 180 valence electrons. The average molecular weight is 466 g/mol. The molecular formula is C25H31N5O4. The summed E-state index contributed by atoms with van der Waals surface area (Å²) in [6.45, 7) is 6.67. The molecule has 0 saturated carbocycles. The van der Waals surface area contributed by atoms with Crippen molar-refractivity contribution < 1.29 is 14.6 Å². The molecule has 1 aliphatic heterocycles. The molecule has 1 saturated heterocycles. The summed E-state index contributed by atoms with van der Waals surface area (Å²) in [6, 6.07) is 7.05. The third-order valence-electron chi connectivity index (χ3n) is 6.29. The Morgan fingerprint density at radius 3 is 2.79 bits per heavy atom. The Morgan fingerprint density at radius 2 is 2.06 bits per heavy atom. The smallest absolute Gasteiger partial charge is 0.411 e. The standard InChI is InChI=1S/C25H31N5O4/c1-3-10-29(25(32)33)23-6-4-5-20(18(23)2)14-22-24(31)7-11-30(27-22)21-15-26-28(17-21)16-19-8-12-34-13-9-19/h4-7,11,15,17,19H,3,8-10,12-14,16H2,1-2H3,(H,32,33). The molecule has 0 spiro atoms. The summed E-state index contributed by atoms with van der Waals surface area (Å²) in [5.41, 5.74) is 3.38. The van der Waals surface area contributed by atoms with Gasteiger partial charge in [0.1, 0.15) is 11.4 Å². The quantitative estimate of drug-likeness (QED) is 0.545. The average Bonchev–Trinajstić information content (AvgIpc) is 3.29. The van der Waals surface area contributed by atoms with Gasteiger partial charge in [-0.15, -0.1) is 0 Å². The maximum absolute atomic E-state index is 12.6. The van der Waals surface area contributed by atoms with Gasteiger partial charge in [-0.2, -0.15) is 10.2 Å². The van der Waals surface area contributed by atoms with Crippen molar-refractivity contribution in [2.75, 3.05) is 24.7 Å². The first-order valence-corrected chi connectivity index (χ1v) is 11.7. The molecule has 2 aromatic heterocycles. The van der Waals surface area contributed by atoms with Crippen molar-refractivity contribution in [3.05, 3.63) is 69.9 Å². The van der Waals surface area contributed by atoms with Crippen LogP contribution in [0.5, 0.6) is 0 Å². The highest BCUT2D eigenvalue weighted by atomic mass is 16.5. The molecule has 1 aliphatic rings. The number of benzene rings is 1. The number of aromatic nitrogens is 4. The summed E-state index contributed by atoms with van der Waals surface area (Å²) in [4.78, 5) is 25.7. The van der Waals surface area contributed by atoms with E-state index in [1.807, 2.05) is 36.9 Å². The lowest BCUT2D eigenvalue weighted by molar-refractivity contribution is 0.0601. The molecular weight excluding hydrogens is 434 g/mol. The Morgan fingerprint density at radius 1 is 1.26 bits per heavy atom. The van der Waals surface area contributed by atoms with Gasteiger partial charge in [0, 0.05) is 45.0 Å². The molecule has 1 fully saturated rings. The monoisotopic (exact) mass is 465 g/mol. The van der Waals surface area contributed by atoms with E-state index in [-0.39, 0.29) is 5.43 Å². The molecule has 0 bridgehead atoms. The van der Waals surface area contributed by atoms with E-state index in [1.165, 1.54) is 11.0 Å². The minimum absolute atomic E-state index is 0.153. The van der Waals surface area contributed by atoms with E-state index in [0.29, 0.717) is 36.7 Å². The second-order valence-corrected chi connectivity index (χ2v) is 8.72. The van der Waals surface area contributed by atoms with Crippen LogP contribution in [0, 0.1) is 12.8 Å². The summed E-state index contributed by atoms with van der Waals surface area (Å²) < 4.78 is 9.03. The molecule has 1 aromatic carbocycles. The van der Waals surface area contributed by atoms with Gasteiger partial charge >= 0.3 is 6.09 Å². The molecule has 3 aromatic rings. The summed E-state index contributed by atoms with van der Waals surface area (Å²) in [6.07, 6.45) is 7.45. The summed E-state index contributed by atoms with van der Waals surface area (Å²) in [7, 11) is 0. The van der Waals surface area contributed by atoms with E-state index in [1.54, 1.807) is 23.1 Å². The number of ether oxygens (including phenoxy) is 1. The van der Waals surface area contributed by atoms with Crippen LogP contribution >= 0.6 is 0 Å². The van der Waals surface area contributed by atoms with Gasteiger partial charge in [0.2, 0.25) is 5.43 Å². The molecule has 0 atom stereocenters. The van der Waals surface area contributed by atoms with Gasteiger partial charge in [-0.05, 0) is 49.3 Å². The highest BCUT2D eigenvalue weighted by Gasteiger charge is 2.18. The summed E-state index contributed by atoms with van der Waals surface area (Å²) in [5, 5.41) is 18.7. The second-order valence-electron chi connectivity index (χ2n) is 8.72. The van der Waals surface area contributed by atoms with Crippen molar-refractivity contribution in [3.8, 4) is 5.69 Å². The fourth-order valence-electron chi connectivity index (χ4n) is 4.35. The molecule has 0 aliphatic carbocycles. The largest absolute Gasteiger partial charge is 0.465 e. The minimum atomic E-state index is -0.986. The molecule has 0 radical (unpaired) electrons. The third kappa shape index (κ3) is 5.36. The Bertz CT molecular complexity index is 1200. The van der Waals surface area contributed by atoms with Crippen LogP contribution in [0.3, 0.4) is 0 Å². The highest BCUT2D eigenvalue weighted by molar-refractivity contribution is 5.87. The number of hydrogen-bond acceptors (Lipinski definition) is 5. The van der Waals surface area contributed by atoms with Crippen molar-refractivity contribution in [2.45, 2.75) is 46.1 Å². The maximum atomic E-state index is 12.6. The lowest BCUT2D eigenvalue weighted by atomic mass is 10.0.